The fourth-order valence-electron chi connectivity index (χ4n) is 2.40. The van der Waals surface area contributed by atoms with Crippen molar-refractivity contribution in [2.24, 2.45) is 0 Å². The van der Waals surface area contributed by atoms with Gasteiger partial charge in [-0.3, -0.25) is 0 Å². The molecule has 0 spiro atoms. The third-order valence-corrected chi connectivity index (χ3v) is 3.80. The van der Waals surface area contributed by atoms with E-state index >= 15 is 0 Å². The summed E-state index contributed by atoms with van der Waals surface area (Å²) in [6, 6.07) is 15.8. The lowest BCUT2D eigenvalue weighted by Crippen LogP contribution is -2.08. The molecule has 6 heteroatoms. The zero-order valence-corrected chi connectivity index (χ0v) is 14.5. The molecule has 25 heavy (non-hydrogen) atoms. The molecular weight excluding hydrogens is 339 g/mol. The average molecular weight is 357 g/mol. The molecule has 4 nitrogen and oxygen atoms in total. The molecule has 0 unspecified atom stereocenters. The summed E-state index contributed by atoms with van der Waals surface area (Å²) in [5.74, 6) is 1.02. The van der Waals surface area contributed by atoms with E-state index < -0.39 is 0 Å². The number of halogens is 2. The Morgan fingerprint density at radius 3 is 2.60 bits per heavy atom. The maximum absolute atomic E-state index is 12.9. The quantitative estimate of drug-likeness (QED) is 0.654. The number of aryl methyl sites for hydroxylation is 1. The molecule has 0 amide bonds. The zero-order valence-electron chi connectivity index (χ0n) is 13.8. The van der Waals surface area contributed by atoms with Crippen LogP contribution in [0.2, 0.25) is 5.02 Å². The molecule has 0 radical (unpaired) electrons. The second kappa shape index (κ2) is 7.94. The van der Waals surface area contributed by atoms with Crippen LogP contribution >= 0.6 is 11.6 Å². The van der Waals surface area contributed by atoms with Crippen molar-refractivity contribution in [2.75, 3.05) is 17.2 Å². The Kier molecular flexibility index (Phi) is 5.46. The summed E-state index contributed by atoms with van der Waals surface area (Å²) < 4.78 is 12.9. The van der Waals surface area contributed by atoms with Crippen LogP contribution in [-0.2, 0) is 6.42 Å². The molecule has 2 N–H and O–H groups in total. The first kappa shape index (κ1) is 17.2. The van der Waals surface area contributed by atoms with Gasteiger partial charge in [-0.05, 0) is 49.2 Å². The SMILES string of the molecule is Cc1cc(NCCc2ccc(F)cc2)nc(Nc2cccc(Cl)c2)n1. The van der Waals surface area contributed by atoms with Crippen molar-refractivity contribution < 1.29 is 4.39 Å². The van der Waals surface area contributed by atoms with Gasteiger partial charge in [-0.2, -0.15) is 4.98 Å². The lowest BCUT2D eigenvalue weighted by molar-refractivity contribution is 0.627. The van der Waals surface area contributed by atoms with E-state index in [0.717, 1.165) is 29.2 Å². The zero-order chi connectivity index (χ0) is 17.6. The van der Waals surface area contributed by atoms with E-state index in [1.807, 2.05) is 37.3 Å². The fourth-order valence-corrected chi connectivity index (χ4v) is 2.59. The largest absolute Gasteiger partial charge is 0.370 e. The van der Waals surface area contributed by atoms with Crippen LogP contribution in [0.3, 0.4) is 0 Å². The Labute approximate surface area is 151 Å². The molecular formula is C19H18ClFN4. The topological polar surface area (TPSA) is 49.8 Å². The van der Waals surface area contributed by atoms with Gasteiger partial charge in [0.2, 0.25) is 5.95 Å². The third-order valence-electron chi connectivity index (χ3n) is 3.57. The maximum Gasteiger partial charge on any atom is 0.229 e. The highest BCUT2D eigenvalue weighted by molar-refractivity contribution is 6.30. The van der Waals surface area contributed by atoms with Crippen molar-refractivity contribution in [1.82, 2.24) is 9.97 Å². The van der Waals surface area contributed by atoms with Crippen LogP contribution in [0.15, 0.2) is 54.6 Å². The Balaban J connectivity index is 1.63. The van der Waals surface area contributed by atoms with Crippen molar-refractivity contribution in [3.05, 3.63) is 76.7 Å². The Bertz CT molecular complexity index is 852. The molecule has 0 saturated carbocycles. The first-order valence-electron chi connectivity index (χ1n) is 7.95. The predicted molar refractivity (Wildman–Crippen MR) is 100 cm³/mol. The summed E-state index contributed by atoms with van der Waals surface area (Å²) in [6.07, 6.45) is 0.778. The van der Waals surface area contributed by atoms with E-state index in [1.165, 1.54) is 12.1 Å². The van der Waals surface area contributed by atoms with E-state index in [1.54, 1.807) is 12.1 Å². The maximum atomic E-state index is 12.9. The highest BCUT2D eigenvalue weighted by atomic mass is 35.5. The van der Waals surface area contributed by atoms with Crippen LogP contribution in [0, 0.1) is 12.7 Å². The van der Waals surface area contributed by atoms with Gasteiger partial charge >= 0.3 is 0 Å². The number of benzene rings is 2. The van der Waals surface area contributed by atoms with Crippen molar-refractivity contribution in [1.29, 1.82) is 0 Å². The number of hydrogen-bond donors (Lipinski definition) is 2. The first-order valence-corrected chi connectivity index (χ1v) is 8.33. The van der Waals surface area contributed by atoms with Crippen LogP contribution < -0.4 is 10.6 Å². The van der Waals surface area contributed by atoms with Gasteiger partial charge in [-0.25, -0.2) is 9.37 Å². The number of hydrogen-bond acceptors (Lipinski definition) is 4. The van der Waals surface area contributed by atoms with Crippen molar-refractivity contribution in [3.8, 4) is 0 Å². The van der Waals surface area contributed by atoms with E-state index in [-0.39, 0.29) is 5.82 Å². The monoisotopic (exact) mass is 356 g/mol. The molecule has 0 atom stereocenters. The Morgan fingerprint density at radius 2 is 1.84 bits per heavy atom. The minimum Gasteiger partial charge on any atom is -0.370 e. The van der Waals surface area contributed by atoms with Crippen LogP contribution in [-0.4, -0.2) is 16.5 Å². The molecule has 3 rings (SSSR count). The Morgan fingerprint density at radius 1 is 1.04 bits per heavy atom. The molecule has 128 valence electrons. The van der Waals surface area contributed by atoms with Crippen LogP contribution in [0.25, 0.3) is 0 Å². The summed E-state index contributed by atoms with van der Waals surface area (Å²) in [6.45, 7) is 2.61. The molecule has 3 aromatic rings. The minimum absolute atomic E-state index is 0.222. The van der Waals surface area contributed by atoms with Gasteiger partial charge in [0.15, 0.2) is 0 Å². The molecule has 0 aliphatic heterocycles. The van der Waals surface area contributed by atoms with Crippen LogP contribution in [0.5, 0.6) is 0 Å². The highest BCUT2D eigenvalue weighted by Crippen LogP contribution is 2.19. The molecule has 2 aromatic carbocycles. The van der Waals surface area contributed by atoms with Crippen molar-refractivity contribution in [3.63, 3.8) is 0 Å². The lowest BCUT2D eigenvalue weighted by Gasteiger charge is -2.10. The highest BCUT2D eigenvalue weighted by Gasteiger charge is 2.04. The molecule has 0 saturated heterocycles. The second-order valence-corrected chi connectivity index (χ2v) is 6.09. The molecule has 1 aromatic heterocycles. The van der Waals surface area contributed by atoms with E-state index in [2.05, 4.69) is 20.6 Å². The molecule has 0 bridgehead atoms. The summed E-state index contributed by atoms with van der Waals surface area (Å²) >= 11 is 5.99. The molecule has 0 aliphatic carbocycles. The second-order valence-electron chi connectivity index (χ2n) is 5.66. The first-order chi connectivity index (χ1) is 12.1. The van der Waals surface area contributed by atoms with E-state index in [0.29, 0.717) is 17.5 Å². The standard InChI is InChI=1S/C19H18ClFN4/c1-13-11-18(22-10-9-14-5-7-16(21)8-6-14)25-19(23-13)24-17-4-2-3-15(20)12-17/h2-8,11-12H,9-10H2,1H3,(H2,22,23,24,25). The Hall–Kier alpha value is -2.66. The minimum atomic E-state index is -0.222. The molecule has 1 heterocycles. The van der Waals surface area contributed by atoms with Gasteiger partial charge in [-0.15, -0.1) is 0 Å². The van der Waals surface area contributed by atoms with Gasteiger partial charge < -0.3 is 10.6 Å². The summed E-state index contributed by atoms with van der Waals surface area (Å²) in [5.41, 5.74) is 2.75. The summed E-state index contributed by atoms with van der Waals surface area (Å²) in [5, 5.41) is 7.08. The van der Waals surface area contributed by atoms with Gasteiger partial charge in [0.1, 0.15) is 11.6 Å². The smallest absolute Gasteiger partial charge is 0.229 e. The number of rotatable bonds is 6. The molecule has 0 aliphatic rings. The lowest BCUT2D eigenvalue weighted by atomic mass is 10.1. The van der Waals surface area contributed by atoms with Crippen molar-refractivity contribution >= 4 is 29.1 Å². The van der Waals surface area contributed by atoms with E-state index in [9.17, 15) is 4.39 Å². The van der Waals surface area contributed by atoms with Gasteiger partial charge in [0.25, 0.3) is 0 Å². The summed E-state index contributed by atoms with van der Waals surface area (Å²) in [7, 11) is 0. The normalized spacial score (nSPS) is 10.5. The fraction of sp³-hybridized carbons (Fsp3) is 0.158. The van der Waals surface area contributed by atoms with Crippen molar-refractivity contribution in [2.45, 2.75) is 13.3 Å². The van der Waals surface area contributed by atoms with Crippen LogP contribution in [0.1, 0.15) is 11.3 Å². The third kappa shape index (κ3) is 5.16. The number of nitrogens with zero attached hydrogens (tertiary/aromatic N) is 2. The summed E-state index contributed by atoms with van der Waals surface area (Å²) in [4.78, 5) is 8.86. The van der Waals surface area contributed by atoms with Gasteiger partial charge in [0, 0.05) is 29.0 Å². The number of anilines is 3. The van der Waals surface area contributed by atoms with Gasteiger partial charge in [-0.1, -0.05) is 29.8 Å². The molecule has 0 fully saturated rings. The number of aromatic nitrogens is 2. The predicted octanol–water partition coefficient (Wildman–Crippen LogP) is 4.98. The van der Waals surface area contributed by atoms with Gasteiger partial charge in [0.05, 0.1) is 0 Å². The van der Waals surface area contributed by atoms with Crippen LogP contribution in [0.4, 0.5) is 21.8 Å². The average Bonchev–Trinajstić information content (AvgIpc) is 2.56. The van der Waals surface area contributed by atoms with E-state index in [4.69, 9.17) is 11.6 Å². The number of nitrogens with one attached hydrogen (secondary N) is 2.